The number of guanidine groups is 1. The molecule has 1 aliphatic heterocycles. The molecule has 162 valence electrons. The lowest BCUT2D eigenvalue weighted by molar-refractivity contribution is 0.00102. The molecule has 1 aliphatic carbocycles. The van der Waals surface area contributed by atoms with Crippen molar-refractivity contribution in [2.45, 2.75) is 58.0 Å². The van der Waals surface area contributed by atoms with E-state index in [0.717, 1.165) is 62.9 Å². The van der Waals surface area contributed by atoms with Crippen molar-refractivity contribution in [3.05, 3.63) is 23.7 Å². The summed E-state index contributed by atoms with van der Waals surface area (Å²) in [5.41, 5.74) is 0.858. The molecule has 7 nitrogen and oxygen atoms in total. The van der Waals surface area contributed by atoms with Crippen molar-refractivity contribution in [2.75, 3.05) is 39.8 Å². The summed E-state index contributed by atoms with van der Waals surface area (Å²) in [6.45, 7) is 6.13. The second-order valence-electron chi connectivity index (χ2n) is 8.19. The summed E-state index contributed by atoms with van der Waals surface area (Å²) in [5.74, 6) is 1.97. The zero-order valence-corrected chi connectivity index (χ0v) is 17.9. The number of hydrogen-bond donors (Lipinski definition) is 2. The monoisotopic (exact) mass is 404 g/mol. The fraction of sp³-hybridized carbons (Fsp3) is 0.727. The van der Waals surface area contributed by atoms with Crippen molar-refractivity contribution in [1.82, 2.24) is 15.5 Å². The Morgan fingerprint density at radius 1 is 1.21 bits per heavy atom. The van der Waals surface area contributed by atoms with Crippen LogP contribution < -0.4 is 10.6 Å². The molecule has 29 heavy (non-hydrogen) atoms. The number of likely N-dealkylation sites (tertiary alicyclic amines) is 1. The van der Waals surface area contributed by atoms with Gasteiger partial charge in [-0.25, -0.2) is 0 Å². The highest BCUT2D eigenvalue weighted by Gasteiger charge is 2.23. The molecule has 7 heteroatoms. The van der Waals surface area contributed by atoms with Crippen molar-refractivity contribution in [3.63, 3.8) is 0 Å². The van der Waals surface area contributed by atoms with Crippen LogP contribution in [0.1, 0.15) is 61.1 Å². The predicted molar refractivity (Wildman–Crippen MR) is 114 cm³/mol. The standard InChI is InChI=1S/C22H36N4O3/c1-17-10-15-28-20(17)21(27)24-11-5-12-25-22(23-2)26-13-8-19(9-14-26)29-16-18-6-3-4-7-18/h10,15,18-19H,3-9,11-14,16H2,1-2H3,(H,23,25)(H,24,27). The third-order valence-corrected chi connectivity index (χ3v) is 5.99. The molecule has 0 bridgehead atoms. The zero-order chi connectivity index (χ0) is 20.5. The lowest BCUT2D eigenvalue weighted by Crippen LogP contribution is -2.47. The van der Waals surface area contributed by atoms with Gasteiger partial charge in [-0.05, 0) is 51.0 Å². The van der Waals surface area contributed by atoms with Crippen LogP contribution in [0.5, 0.6) is 0 Å². The topological polar surface area (TPSA) is 79.1 Å². The molecule has 1 amide bonds. The molecule has 2 N–H and O–H groups in total. The summed E-state index contributed by atoms with van der Waals surface area (Å²) < 4.78 is 11.4. The zero-order valence-electron chi connectivity index (χ0n) is 17.9. The number of ether oxygens (including phenoxy) is 1. The van der Waals surface area contributed by atoms with E-state index in [1.807, 2.05) is 14.0 Å². The number of nitrogens with zero attached hydrogens (tertiary/aromatic N) is 2. The Balaban J connectivity index is 1.28. The molecule has 0 unspecified atom stereocenters. The fourth-order valence-electron chi connectivity index (χ4n) is 4.19. The van der Waals surface area contributed by atoms with E-state index in [0.29, 0.717) is 18.4 Å². The molecular weight excluding hydrogens is 368 g/mol. The van der Waals surface area contributed by atoms with Crippen molar-refractivity contribution >= 4 is 11.9 Å². The average Bonchev–Trinajstić information content (AvgIpc) is 3.41. The van der Waals surface area contributed by atoms with Crippen molar-refractivity contribution < 1.29 is 13.9 Å². The van der Waals surface area contributed by atoms with Gasteiger partial charge in [0.25, 0.3) is 5.91 Å². The SMILES string of the molecule is CN=C(NCCCNC(=O)c1occc1C)N1CCC(OCC2CCCC2)CC1. The van der Waals surface area contributed by atoms with Gasteiger partial charge in [-0.15, -0.1) is 0 Å². The number of nitrogens with one attached hydrogen (secondary N) is 2. The average molecular weight is 405 g/mol. The number of furan rings is 1. The first kappa shape index (κ1) is 21.7. The molecule has 0 atom stereocenters. The summed E-state index contributed by atoms with van der Waals surface area (Å²) in [5, 5.41) is 6.31. The normalized spacial score (nSPS) is 19.0. The third-order valence-electron chi connectivity index (χ3n) is 5.99. The first-order chi connectivity index (χ1) is 14.2. The number of aliphatic imine (C=N–C) groups is 1. The summed E-state index contributed by atoms with van der Waals surface area (Å²) in [6, 6.07) is 1.80. The molecule has 3 rings (SSSR count). The summed E-state index contributed by atoms with van der Waals surface area (Å²) in [7, 11) is 1.83. The lowest BCUT2D eigenvalue weighted by Gasteiger charge is -2.34. The summed E-state index contributed by atoms with van der Waals surface area (Å²) in [4.78, 5) is 18.8. The highest BCUT2D eigenvalue weighted by atomic mass is 16.5. The molecule has 0 spiro atoms. The van der Waals surface area contributed by atoms with Crippen LogP contribution in [0.3, 0.4) is 0 Å². The van der Waals surface area contributed by atoms with E-state index in [4.69, 9.17) is 9.15 Å². The molecule has 2 fully saturated rings. The Hall–Kier alpha value is -2.02. The van der Waals surface area contributed by atoms with Gasteiger partial charge in [0, 0.05) is 45.4 Å². The number of piperidine rings is 1. The second-order valence-corrected chi connectivity index (χ2v) is 8.19. The maximum absolute atomic E-state index is 12.0. The van der Waals surface area contributed by atoms with Gasteiger partial charge in [-0.1, -0.05) is 12.8 Å². The minimum Gasteiger partial charge on any atom is -0.459 e. The minimum atomic E-state index is -0.156. The third kappa shape index (κ3) is 6.49. The Kier molecular flexibility index (Phi) is 8.40. The predicted octanol–water partition coefficient (Wildman–Crippen LogP) is 2.95. The molecule has 1 saturated heterocycles. The van der Waals surface area contributed by atoms with Gasteiger partial charge >= 0.3 is 0 Å². The molecule has 2 heterocycles. The Labute approximate surface area is 174 Å². The van der Waals surface area contributed by atoms with Crippen LogP contribution in [-0.2, 0) is 4.74 Å². The van der Waals surface area contributed by atoms with Gasteiger partial charge in [0.1, 0.15) is 0 Å². The molecule has 0 aromatic carbocycles. The van der Waals surface area contributed by atoms with Crippen molar-refractivity contribution in [3.8, 4) is 0 Å². The highest BCUT2D eigenvalue weighted by Crippen LogP contribution is 2.26. The number of rotatable bonds is 8. The van der Waals surface area contributed by atoms with Gasteiger partial charge in [0.2, 0.25) is 0 Å². The summed E-state index contributed by atoms with van der Waals surface area (Å²) >= 11 is 0. The number of carbonyl (C=O) groups excluding carboxylic acids is 1. The Morgan fingerprint density at radius 2 is 1.93 bits per heavy atom. The van der Waals surface area contributed by atoms with Crippen LogP contribution in [0.4, 0.5) is 0 Å². The van der Waals surface area contributed by atoms with Crippen LogP contribution >= 0.6 is 0 Å². The molecule has 1 aromatic heterocycles. The fourth-order valence-corrected chi connectivity index (χ4v) is 4.19. The van der Waals surface area contributed by atoms with Crippen LogP contribution in [-0.4, -0.2) is 62.7 Å². The van der Waals surface area contributed by atoms with Gasteiger partial charge in [-0.3, -0.25) is 9.79 Å². The largest absolute Gasteiger partial charge is 0.459 e. The quantitative estimate of drug-likeness (QED) is 0.396. The Bertz CT molecular complexity index is 659. The molecular formula is C22H36N4O3. The molecule has 1 aromatic rings. The van der Waals surface area contributed by atoms with Gasteiger partial charge < -0.3 is 24.7 Å². The number of carbonyl (C=O) groups is 1. The van der Waals surface area contributed by atoms with E-state index in [-0.39, 0.29) is 5.91 Å². The van der Waals surface area contributed by atoms with E-state index >= 15 is 0 Å². The lowest BCUT2D eigenvalue weighted by atomic mass is 10.1. The van der Waals surface area contributed by atoms with E-state index < -0.39 is 0 Å². The first-order valence-corrected chi connectivity index (χ1v) is 11.1. The van der Waals surface area contributed by atoms with Gasteiger partial charge in [-0.2, -0.15) is 0 Å². The van der Waals surface area contributed by atoms with Crippen molar-refractivity contribution in [1.29, 1.82) is 0 Å². The minimum absolute atomic E-state index is 0.156. The van der Waals surface area contributed by atoms with E-state index in [1.54, 1.807) is 12.3 Å². The second kappa shape index (κ2) is 11.2. The Morgan fingerprint density at radius 3 is 2.59 bits per heavy atom. The molecule has 1 saturated carbocycles. The highest BCUT2D eigenvalue weighted by molar-refractivity contribution is 5.92. The van der Waals surface area contributed by atoms with Crippen LogP contribution in [0, 0.1) is 12.8 Å². The van der Waals surface area contributed by atoms with Crippen LogP contribution in [0.15, 0.2) is 21.7 Å². The smallest absolute Gasteiger partial charge is 0.287 e. The van der Waals surface area contributed by atoms with E-state index in [9.17, 15) is 4.79 Å². The maximum Gasteiger partial charge on any atom is 0.287 e. The van der Waals surface area contributed by atoms with E-state index in [2.05, 4.69) is 20.5 Å². The number of hydrogen-bond acceptors (Lipinski definition) is 4. The van der Waals surface area contributed by atoms with E-state index in [1.165, 1.54) is 25.7 Å². The molecule has 2 aliphatic rings. The maximum atomic E-state index is 12.0. The van der Waals surface area contributed by atoms with Gasteiger partial charge in [0.05, 0.1) is 12.4 Å². The van der Waals surface area contributed by atoms with Crippen LogP contribution in [0.2, 0.25) is 0 Å². The summed E-state index contributed by atoms with van der Waals surface area (Å²) in [6.07, 6.45) is 10.3. The molecule has 0 radical (unpaired) electrons. The van der Waals surface area contributed by atoms with Gasteiger partial charge in [0.15, 0.2) is 11.7 Å². The number of aryl methyl sites for hydroxylation is 1. The van der Waals surface area contributed by atoms with Crippen molar-refractivity contribution in [2.24, 2.45) is 10.9 Å². The van der Waals surface area contributed by atoms with Crippen LogP contribution in [0.25, 0.3) is 0 Å². The first-order valence-electron chi connectivity index (χ1n) is 11.1. The number of amides is 1.